The van der Waals surface area contributed by atoms with Crippen molar-refractivity contribution in [1.29, 1.82) is 0 Å². The fraction of sp³-hybridized carbons (Fsp3) is 0.393. The summed E-state index contributed by atoms with van der Waals surface area (Å²) in [6.07, 6.45) is 1.52. The monoisotopic (exact) mass is 614 g/mol. The Labute approximate surface area is 250 Å². The van der Waals surface area contributed by atoms with Crippen LogP contribution in [0.1, 0.15) is 54.0 Å². The van der Waals surface area contributed by atoms with E-state index < -0.39 is 23.4 Å². The standard InChI is InChI=1S/C28H31ClN6O6S/c1-15(36)11-16-12-17(14-33(8)23(16)37)22-31-32-24(42-22)34(25(38)40-27(2,3)4)20-10-9-19-18(21(20)29)13-30-35(19)26(39)41-28(5,6)7/h9-10,12-14H,11H2,1-8H3. The maximum Gasteiger partial charge on any atom is 0.435 e. The van der Waals surface area contributed by atoms with Crippen molar-refractivity contribution in [2.75, 3.05) is 4.90 Å². The Balaban J connectivity index is 1.81. The highest BCUT2D eigenvalue weighted by molar-refractivity contribution is 7.18. The molecule has 0 unspecified atom stereocenters. The summed E-state index contributed by atoms with van der Waals surface area (Å²) in [6.45, 7) is 11.8. The third-order valence-electron chi connectivity index (χ3n) is 5.60. The quantitative estimate of drug-likeness (QED) is 0.269. The molecule has 42 heavy (non-hydrogen) atoms. The van der Waals surface area contributed by atoms with E-state index in [0.29, 0.717) is 27.0 Å². The molecule has 3 aromatic heterocycles. The van der Waals surface area contributed by atoms with Gasteiger partial charge in [0.25, 0.3) is 5.56 Å². The van der Waals surface area contributed by atoms with Crippen LogP contribution in [0.25, 0.3) is 21.5 Å². The second-order valence-electron chi connectivity index (χ2n) is 11.6. The van der Waals surface area contributed by atoms with E-state index in [1.54, 1.807) is 73.0 Å². The van der Waals surface area contributed by atoms with Gasteiger partial charge in [-0.05, 0) is 66.7 Å². The Kier molecular flexibility index (Phi) is 8.29. The summed E-state index contributed by atoms with van der Waals surface area (Å²) in [7, 11) is 1.58. The Hall–Kier alpha value is -4.10. The highest BCUT2D eigenvalue weighted by Crippen LogP contribution is 2.40. The minimum atomic E-state index is -0.847. The summed E-state index contributed by atoms with van der Waals surface area (Å²) >= 11 is 7.88. The van der Waals surface area contributed by atoms with Crippen molar-refractivity contribution in [2.45, 2.75) is 66.1 Å². The van der Waals surface area contributed by atoms with Crippen LogP contribution in [0.15, 0.2) is 35.4 Å². The molecular weight excluding hydrogens is 584 g/mol. The largest absolute Gasteiger partial charge is 0.443 e. The normalized spacial score (nSPS) is 11.9. The Bertz CT molecular complexity index is 1760. The molecule has 0 radical (unpaired) electrons. The molecule has 4 rings (SSSR count). The number of halogens is 1. The summed E-state index contributed by atoms with van der Waals surface area (Å²) in [5.74, 6) is -0.154. The molecular formula is C28H31ClN6O6S. The van der Waals surface area contributed by atoms with Crippen LogP contribution < -0.4 is 10.5 Å². The number of fused-ring (bicyclic) bond motifs is 1. The lowest BCUT2D eigenvalue weighted by atomic mass is 10.1. The van der Waals surface area contributed by atoms with Crippen LogP contribution in [-0.2, 0) is 27.7 Å². The Morgan fingerprint density at radius 3 is 2.33 bits per heavy atom. The number of benzene rings is 1. The van der Waals surface area contributed by atoms with Crippen LogP contribution in [-0.4, -0.2) is 53.7 Å². The van der Waals surface area contributed by atoms with Crippen molar-refractivity contribution in [3.05, 3.63) is 51.5 Å². The molecule has 14 heteroatoms. The average molecular weight is 615 g/mol. The molecule has 0 N–H and O–H groups in total. The predicted octanol–water partition coefficient (Wildman–Crippen LogP) is 5.89. The number of ketones is 1. The molecule has 0 spiro atoms. The Morgan fingerprint density at radius 2 is 1.71 bits per heavy atom. The van der Waals surface area contributed by atoms with E-state index in [-0.39, 0.29) is 33.6 Å². The van der Waals surface area contributed by atoms with Crippen LogP contribution in [0.2, 0.25) is 5.02 Å². The first-order valence-corrected chi connectivity index (χ1v) is 14.1. The topological polar surface area (TPSA) is 139 Å². The van der Waals surface area contributed by atoms with E-state index >= 15 is 0 Å². The molecule has 0 aliphatic carbocycles. The van der Waals surface area contributed by atoms with Gasteiger partial charge in [0.1, 0.15) is 17.0 Å². The molecule has 3 heterocycles. The smallest absolute Gasteiger partial charge is 0.435 e. The summed E-state index contributed by atoms with van der Waals surface area (Å²) in [5, 5.41) is 13.7. The third-order valence-corrected chi connectivity index (χ3v) is 6.95. The van der Waals surface area contributed by atoms with Crippen molar-refractivity contribution < 1.29 is 23.9 Å². The number of ether oxygens (including phenoxy) is 2. The molecule has 12 nitrogen and oxygen atoms in total. The number of Topliss-reactive ketones (excluding diaryl/α,β-unsaturated/α-hetero) is 1. The van der Waals surface area contributed by atoms with Crippen LogP contribution in [0.4, 0.5) is 20.4 Å². The molecule has 1 aromatic carbocycles. The first-order valence-electron chi connectivity index (χ1n) is 12.9. The summed E-state index contributed by atoms with van der Waals surface area (Å²) in [4.78, 5) is 51.7. The van der Waals surface area contributed by atoms with Crippen LogP contribution in [0.3, 0.4) is 0 Å². The second-order valence-corrected chi connectivity index (χ2v) is 13.0. The van der Waals surface area contributed by atoms with Gasteiger partial charge in [-0.15, -0.1) is 10.2 Å². The highest BCUT2D eigenvalue weighted by atomic mass is 35.5. The molecule has 0 aliphatic heterocycles. The van der Waals surface area contributed by atoms with E-state index in [1.165, 1.54) is 22.6 Å². The number of carbonyl (C=O) groups excluding carboxylic acids is 3. The van der Waals surface area contributed by atoms with Crippen molar-refractivity contribution in [3.8, 4) is 10.6 Å². The van der Waals surface area contributed by atoms with Gasteiger partial charge in [0.15, 0.2) is 5.01 Å². The van der Waals surface area contributed by atoms with Gasteiger partial charge >= 0.3 is 12.2 Å². The number of amides is 1. The lowest BCUT2D eigenvalue weighted by Gasteiger charge is -2.26. The molecule has 4 aromatic rings. The van der Waals surface area contributed by atoms with Crippen molar-refractivity contribution in [1.82, 2.24) is 24.5 Å². The fourth-order valence-electron chi connectivity index (χ4n) is 3.98. The fourth-order valence-corrected chi connectivity index (χ4v) is 5.10. The third kappa shape index (κ3) is 6.68. The molecule has 0 aliphatic rings. The van der Waals surface area contributed by atoms with Crippen LogP contribution >= 0.6 is 22.9 Å². The van der Waals surface area contributed by atoms with Gasteiger partial charge in [0, 0.05) is 36.2 Å². The van der Waals surface area contributed by atoms with Gasteiger partial charge in [-0.2, -0.15) is 9.78 Å². The summed E-state index contributed by atoms with van der Waals surface area (Å²) in [6, 6.07) is 4.74. The Morgan fingerprint density at radius 1 is 1.05 bits per heavy atom. The predicted molar refractivity (Wildman–Crippen MR) is 160 cm³/mol. The summed E-state index contributed by atoms with van der Waals surface area (Å²) in [5.41, 5.74) is -0.410. The average Bonchev–Trinajstić information content (AvgIpc) is 3.49. The van der Waals surface area contributed by atoms with Crippen molar-refractivity contribution >= 4 is 62.6 Å². The minimum Gasteiger partial charge on any atom is -0.443 e. The molecule has 0 atom stereocenters. The van der Waals surface area contributed by atoms with Crippen molar-refractivity contribution in [2.24, 2.45) is 7.05 Å². The molecule has 0 fully saturated rings. The SMILES string of the molecule is CC(=O)Cc1cc(-c2nnc(N(C(=O)OC(C)(C)C)c3ccc4c(cnn4C(=O)OC(C)(C)C)c3Cl)s2)cn(C)c1=O. The van der Waals surface area contributed by atoms with Gasteiger partial charge in [0.2, 0.25) is 5.13 Å². The number of carbonyl (C=O) groups is 3. The molecule has 0 saturated carbocycles. The van der Waals surface area contributed by atoms with E-state index in [2.05, 4.69) is 15.3 Å². The van der Waals surface area contributed by atoms with Gasteiger partial charge in [0.05, 0.1) is 22.4 Å². The number of hydrogen-bond donors (Lipinski definition) is 0. The number of aryl methyl sites for hydroxylation is 1. The zero-order valence-corrected chi connectivity index (χ0v) is 26.1. The number of pyridine rings is 1. The van der Waals surface area contributed by atoms with E-state index in [1.807, 2.05) is 0 Å². The second kappa shape index (κ2) is 11.3. The summed E-state index contributed by atoms with van der Waals surface area (Å²) < 4.78 is 13.6. The maximum atomic E-state index is 13.5. The molecule has 1 amide bonds. The van der Waals surface area contributed by atoms with E-state index in [4.69, 9.17) is 21.1 Å². The zero-order chi connectivity index (χ0) is 31.1. The minimum absolute atomic E-state index is 0.0250. The van der Waals surface area contributed by atoms with Gasteiger partial charge in [-0.3, -0.25) is 9.59 Å². The number of nitrogens with zero attached hydrogens (tertiary/aromatic N) is 6. The van der Waals surface area contributed by atoms with Crippen LogP contribution in [0, 0.1) is 0 Å². The van der Waals surface area contributed by atoms with Crippen LogP contribution in [0.5, 0.6) is 0 Å². The number of hydrogen-bond acceptors (Lipinski definition) is 10. The molecule has 0 bridgehead atoms. The van der Waals surface area contributed by atoms with Gasteiger partial charge in [-0.25, -0.2) is 14.5 Å². The molecule has 0 saturated heterocycles. The van der Waals surface area contributed by atoms with E-state index in [0.717, 1.165) is 16.0 Å². The maximum absolute atomic E-state index is 13.5. The highest BCUT2D eigenvalue weighted by Gasteiger charge is 2.31. The first kappa shape index (κ1) is 30.8. The lowest BCUT2D eigenvalue weighted by molar-refractivity contribution is -0.116. The first-order chi connectivity index (χ1) is 19.4. The van der Waals surface area contributed by atoms with Gasteiger partial charge in [-0.1, -0.05) is 22.9 Å². The van der Waals surface area contributed by atoms with E-state index in [9.17, 15) is 19.2 Å². The number of rotatable bonds is 5. The number of anilines is 2. The van der Waals surface area contributed by atoms with Crippen molar-refractivity contribution in [3.63, 3.8) is 0 Å². The van der Waals surface area contributed by atoms with Gasteiger partial charge < -0.3 is 14.0 Å². The molecule has 222 valence electrons. The number of aromatic nitrogens is 5. The lowest BCUT2D eigenvalue weighted by Crippen LogP contribution is -2.34. The zero-order valence-electron chi connectivity index (χ0n) is 24.5.